The summed E-state index contributed by atoms with van der Waals surface area (Å²) in [6.45, 7) is 0.227. The summed E-state index contributed by atoms with van der Waals surface area (Å²) in [5.41, 5.74) is 5.42. The third-order valence-electron chi connectivity index (χ3n) is 4.42. The molecule has 9 heteroatoms. The minimum absolute atomic E-state index is 0.0368. The first-order valence-electron chi connectivity index (χ1n) is 9.32. The van der Waals surface area contributed by atoms with Gasteiger partial charge in [-0.2, -0.15) is 5.10 Å². The predicted molar refractivity (Wildman–Crippen MR) is 121 cm³/mol. The van der Waals surface area contributed by atoms with Crippen LogP contribution in [0.5, 0.6) is 11.5 Å². The van der Waals surface area contributed by atoms with E-state index in [1.54, 1.807) is 31.5 Å². The van der Waals surface area contributed by atoms with Crippen LogP contribution in [0, 0.1) is 10.1 Å². The van der Waals surface area contributed by atoms with E-state index < -0.39 is 4.92 Å². The predicted octanol–water partition coefficient (Wildman–Crippen LogP) is 5.24. The van der Waals surface area contributed by atoms with Gasteiger partial charge in [0.25, 0.3) is 5.69 Å². The molecule has 0 radical (unpaired) electrons. The number of anilines is 1. The van der Waals surface area contributed by atoms with Crippen molar-refractivity contribution in [2.24, 2.45) is 5.10 Å². The van der Waals surface area contributed by atoms with Crippen molar-refractivity contribution in [3.8, 4) is 11.5 Å². The molecule has 1 heterocycles. The van der Waals surface area contributed by atoms with Crippen LogP contribution in [-0.4, -0.2) is 23.2 Å². The Balaban J connectivity index is 1.49. The molecule has 0 spiro atoms. The van der Waals surface area contributed by atoms with Crippen molar-refractivity contribution in [3.05, 3.63) is 88.0 Å². The number of rotatable bonds is 8. The summed E-state index contributed by atoms with van der Waals surface area (Å²) in [5.74, 6) is 1.09. The van der Waals surface area contributed by atoms with Gasteiger partial charge >= 0.3 is 0 Å². The second-order valence-electron chi connectivity index (χ2n) is 6.45. The number of hydrogen-bond acceptors (Lipinski definition) is 8. The standard InChI is InChI=1S/C22H18N4O4S/c1-29-19-7-4-5-16(13-23-25-22-24-18-6-2-3-8-20(18)31-22)21(19)30-14-15-9-11-17(12-10-15)26(27)28/h2-13H,14H2,1H3,(H,24,25)/b23-13+. The fourth-order valence-corrected chi connectivity index (χ4v) is 3.71. The highest BCUT2D eigenvalue weighted by Crippen LogP contribution is 2.31. The van der Waals surface area contributed by atoms with E-state index in [0.717, 1.165) is 21.3 Å². The first-order valence-corrected chi connectivity index (χ1v) is 10.1. The number of fused-ring (bicyclic) bond motifs is 1. The molecule has 156 valence electrons. The molecule has 0 bridgehead atoms. The zero-order valence-electron chi connectivity index (χ0n) is 16.5. The SMILES string of the molecule is COc1cccc(/C=N/Nc2nc3ccccc3s2)c1OCc1ccc([N+](=O)[O-])cc1. The van der Waals surface area contributed by atoms with E-state index in [9.17, 15) is 10.1 Å². The fraction of sp³-hybridized carbons (Fsp3) is 0.0909. The molecular formula is C22H18N4O4S. The number of nitro groups is 1. The summed E-state index contributed by atoms with van der Waals surface area (Å²) in [6.07, 6.45) is 1.64. The van der Waals surface area contributed by atoms with Crippen molar-refractivity contribution >= 4 is 38.6 Å². The van der Waals surface area contributed by atoms with Crippen LogP contribution in [0.15, 0.2) is 71.8 Å². The molecule has 0 aliphatic heterocycles. The van der Waals surface area contributed by atoms with Crippen molar-refractivity contribution in [2.75, 3.05) is 12.5 Å². The van der Waals surface area contributed by atoms with Crippen LogP contribution in [0.1, 0.15) is 11.1 Å². The molecular weight excluding hydrogens is 416 g/mol. The lowest BCUT2D eigenvalue weighted by Gasteiger charge is -2.13. The summed E-state index contributed by atoms with van der Waals surface area (Å²) >= 11 is 1.52. The molecule has 0 atom stereocenters. The number of ether oxygens (including phenoxy) is 2. The number of hydrazone groups is 1. The van der Waals surface area contributed by atoms with Crippen LogP contribution in [0.2, 0.25) is 0 Å². The summed E-state index contributed by atoms with van der Waals surface area (Å²) in [6, 6.07) is 19.6. The number of nitro benzene ring substituents is 1. The maximum atomic E-state index is 10.8. The van der Waals surface area contributed by atoms with E-state index >= 15 is 0 Å². The van der Waals surface area contributed by atoms with Gasteiger partial charge in [-0.3, -0.25) is 15.5 Å². The number of non-ortho nitro benzene ring substituents is 1. The van der Waals surface area contributed by atoms with Crippen molar-refractivity contribution in [1.29, 1.82) is 0 Å². The van der Waals surface area contributed by atoms with Gasteiger partial charge in [0.2, 0.25) is 5.13 Å². The molecule has 8 nitrogen and oxygen atoms in total. The van der Waals surface area contributed by atoms with Gasteiger partial charge in [-0.1, -0.05) is 29.5 Å². The quantitative estimate of drug-likeness (QED) is 0.231. The van der Waals surface area contributed by atoms with E-state index in [0.29, 0.717) is 16.6 Å². The lowest BCUT2D eigenvalue weighted by Crippen LogP contribution is -2.01. The van der Waals surface area contributed by atoms with Crippen LogP contribution >= 0.6 is 11.3 Å². The molecule has 0 saturated heterocycles. The average molecular weight is 434 g/mol. The number of nitrogens with zero attached hydrogens (tertiary/aromatic N) is 3. The van der Waals surface area contributed by atoms with Crippen LogP contribution < -0.4 is 14.9 Å². The van der Waals surface area contributed by atoms with Crippen LogP contribution in [0.3, 0.4) is 0 Å². The van der Waals surface area contributed by atoms with E-state index in [-0.39, 0.29) is 12.3 Å². The van der Waals surface area contributed by atoms with Crippen molar-refractivity contribution in [2.45, 2.75) is 6.61 Å². The minimum Gasteiger partial charge on any atom is -0.493 e. The Hall–Kier alpha value is -3.98. The number of thiazole rings is 1. The lowest BCUT2D eigenvalue weighted by atomic mass is 10.2. The lowest BCUT2D eigenvalue weighted by molar-refractivity contribution is -0.384. The summed E-state index contributed by atoms with van der Waals surface area (Å²) in [5, 5.41) is 15.8. The highest BCUT2D eigenvalue weighted by molar-refractivity contribution is 7.22. The Morgan fingerprint density at radius 2 is 1.94 bits per heavy atom. The molecule has 0 unspecified atom stereocenters. The van der Waals surface area contributed by atoms with E-state index in [4.69, 9.17) is 9.47 Å². The molecule has 1 N–H and O–H groups in total. The monoisotopic (exact) mass is 434 g/mol. The Morgan fingerprint density at radius 1 is 1.13 bits per heavy atom. The van der Waals surface area contributed by atoms with Crippen molar-refractivity contribution < 1.29 is 14.4 Å². The second kappa shape index (κ2) is 9.23. The minimum atomic E-state index is -0.433. The highest BCUT2D eigenvalue weighted by atomic mass is 32.1. The molecule has 4 aromatic rings. The summed E-state index contributed by atoms with van der Waals surface area (Å²) in [4.78, 5) is 14.9. The van der Waals surface area contributed by atoms with Gasteiger partial charge in [-0.05, 0) is 42.0 Å². The molecule has 31 heavy (non-hydrogen) atoms. The van der Waals surface area contributed by atoms with Gasteiger partial charge in [0, 0.05) is 17.7 Å². The topological polar surface area (TPSA) is 98.9 Å². The number of hydrogen-bond donors (Lipinski definition) is 1. The number of benzene rings is 3. The first-order chi connectivity index (χ1) is 15.1. The summed E-state index contributed by atoms with van der Waals surface area (Å²) in [7, 11) is 1.56. The Labute approximate surface area is 181 Å². The Kier molecular flexibility index (Phi) is 6.04. The van der Waals surface area contributed by atoms with Crippen LogP contribution in [-0.2, 0) is 6.61 Å². The molecule has 4 rings (SSSR count). The third kappa shape index (κ3) is 4.78. The van der Waals surface area contributed by atoms with Gasteiger partial charge in [0.05, 0.1) is 28.5 Å². The molecule has 0 amide bonds. The first kappa shape index (κ1) is 20.3. The number of para-hydroxylation sites is 2. The van der Waals surface area contributed by atoms with Gasteiger partial charge in [0.15, 0.2) is 11.5 Å². The van der Waals surface area contributed by atoms with E-state index in [1.165, 1.54) is 23.5 Å². The maximum absolute atomic E-state index is 10.8. The zero-order chi connectivity index (χ0) is 21.6. The maximum Gasteiger partial charge on any atom is 0.269 e. The van der Waals surface area contributed by atoms with Crippen LogP contribution in [0.25, 0.3) is 10.2 Å². The number of methoxy groups -OCH3 is 1. The molecule has 0 aliphatic rings. The number of nitrogens with one attached hydrogen (secondary N) is 1. The van der Waals surface area contributed by atoms with Crippen LogP contribution in [0.4, 0.5) is 10.8 Å². The molecule has 0 fully saturated rings. The van der Waals surface area contributed by atoms with E-state index in [1.807, 2.05) is 36.4 Å². The van der Waals surface area contributed by atoms with Crippen molar-refractivity contribution in [1.82, 2.24) is 4.98 Å². The molecule has 1 aromatic heterocycles. The third-order valence-corrected chi connectivity index (χ3v) is 5.36. The molecule has 3 aromatic carbocycles. The second-order valence-corrected chi connectivity index (χ2v) is 7.48. The van der Waals surface area contributed by atoms with Gasteiger partial charge < -0.3 is 9.47 Å². The Morgan fingerprint density at radius 3 is 2.68 bits per heavy atom. The smallest absolute Gasteiger partial charge is 0.269 e. The summed E-state index contributed by atoms with van der Waals surface area (Å²) < 4.78 is 12.5. The fourth-order valence-electron chi connectivity index (χ4n) is 2.90. The van der Waals surface area contributed by atoms with Crippen molar-refractivity contribution in [3.63, 3.8) is 0 Å². The van der Waals surface area contributed by atoms with Gasteiger partial charge in [-0.25, -0.2) is 4.98 Å². The van der Waals surface area contributed by atoms with Gasteiger partial charge in [0.1, 0.15) is 6.61 Å². The molecule has 0 saturated carbocycles. The highest BCUT2D eigenvalue weighted by Gasteiger charge is 2.11. The normalized spacial score (nSPS) is 11.0. The molecule has 0 aliphatic carbocycles. The number of aromatic nitrogens is 1. The average Bonchev–Trinajstić information content (AvgIpc) is 3.21. The van der Waals surface area contributed by atoms with E-state index in [2.05, 4.69) is 15.5 Å². The largest absolute Gasteiger partial charge is 0.493 e. The Bertz CT molecular complexity index is 1200. The zero-order valence-corrected chi connectivity index (χ0v) is 17.3. The van der Waals surface area contributed by atoms with Gasteiger partial charge in [-0.15, -0.1) is 0 Å².